The van der Waals surface area contributed by atoms with Crippen molar-refractivity contribution in [2.75, 3.05) is 23.7 Å². The minimum Gasteiger partial charge on any atom is -0.397 e. The molecule has 0 unspecified atom stereocenters. The first-order valence-corrected chi connectivity index (χ1v) is 7.25. The van der Waals surface area contributed by atoms with Crippen molar-refractivity contribution in [2.45, 2.75) is 39.5 Å². The van der Waals surface area contributed by atoms with Gasteiger partial charge >= 0.3 is 0 Å². The van der Waals surface area contributed by atoms with Crippen LogP contribution in [0.2, 0.25) is 0 Å². The van der Waals surface area contributed by atoms with Crippen LogP contribution in [0.25, 0.3) is 0 Å². The van der Waals surface area contributed by atoms with Crippen LogP contribution in [0.5, 0.6) is 0 Å². The minimum absolute atomic E-state index is 0.921. The van der Waals surface area contributed by atoms with Crippen LogP contribution in [0.4, 0.5) is 11.4 Å². The van der Waals surface area contributed by atoms with Gasteiger partial charge in [0, 0.05) is 13.1 Å². The second-order valence-electron chi connectivity index (χ2n) is 6.29. The first-order valence-electron chi connectivity index (χ1n) is 7.25. The largest absolute Gasteiger partial charge is 0.397 e. The normalized spacial score (nSPS) is 19.0. The third kappa shape index (κ3) is 2.63. The lowest BCUT2D eigenvalue weighted by atomic mass is 10.1. The van der Waals surface area contributed by atoms with Crippen molar-refractivity contribution >= 4 is 11.4 Å². The molecule has 0 aliphatic heterocycles. The van der Waals surface area contributed by atoms with E-state index in [1.54, 1.807) is 0 Å². The zero-order valence-electron chi connectivity index (χ0n) is 11.6. The molecular weight excluding hydrogens is 220 g/mol. The smallest absolute Gasteiger partial charge is 0.0602 e. The fraction of sp³-hybridized carbons (Fsp3) is 0.625. The van der Waals surface area contributed by atoms with Crippen LogP contribution in [0.3, 0.4) is 0 Å². The minimum atomic E-state index is 0.921. The highest BCUT2D eigenvalue weighted by molar-refractivity contribution is 5.70. The average Bonchev–Trinajstić information content (AvgIpc) is 3.17. The van der Waals surface area contributed by atoms with Crippen molar-refractivity contribution < 1.29 is 0 Å². The van der Waals surface area contributed by atoms with Crippen LogP contribution >= 0.6 is 0 Å². The predicted octanol–water partition coefficient (Wildman–Crippen LogP) is 3.51. The third-order valence-corrected chi connectivity index (χ3v) is 4.33. The molecular formula is C16H24N2. The van der Waals surface area contributed by atoms with Crippen molar-refractivity contribution in [3.8, 4) is 0 Å². The molecule has 3 rings (SSSR count). The summed E-state index contributed by atoms with van der Waals surface area (Å²) in [6.45, 7) is 6.75. The number of nitrogens with zero attached hydrogens (tertiary/aromatic N) is 1. The highest BCUT2D eigenvalue weighted by atomic mass is 15.1. The summed E-state index contributed by atoms with van der Waals surface area (Å²) in [6.07, 6.45) is 5.63. The highest BCUT2D eigenvalue weighted by Crippen LogP contribution is 2.37. The number of hydrogen-bond donors (Lipinski definition) is 1. The van der Waals surface area contributed by atoms with Crippen LogP contribution < -0.4 is 10.6 Å². The lowest BCUT2D eigenvalue weighted by molar-refractivity contribution is 0.680. The monoisotopic (exact) mass is 244 g/mol. The topological polar surface area (TPSA) is 29.3 Å². The van der Waals surface area contributed by atoms with Gasteiger partial charge in [-0.25, -0.2) is 0 Å². The Balaban J connectivity index is 1.84. The van der Waals surface area contributed by atoms with Crippen LogP contribution in [0.1, 0.15) is 36.8 Å². The van der Waals surface area contributed by atoms with Crippen molar-refractivity contribution in [1.29, 1.82) is 0 Å². The van der Waals surface area contributed by atoms with Gasteiger partial charge in [-0.2, -0.15) is 0 Å². The van der Waals surface area contributed by atoms with Gasteiger partial charge in [-0.1, -0.05) is 0 Å². The van der Waals surface area contributed by atoms with E-state index in [9.17, 15) is 0 Å². The van der Waals surface area contributed by atoms with E-state index in [0.29, 0.717) is 0 Å². The molecule has 0 spiro atoms. The molecule has 2 heteroatoms. The molecule has 2 saturated carbocycles. The van der Waals surface area contributed by atoms with Gasteiger partial charge in [0.05, 0.1) is 11.4 Å². The van der Waals surface area contributed by atoms with Crippen molar-refractivity contribution in [3.05, 3.63) is 23.3 Å². The summed E-state index contributed by atoms with van der Waals surface area (Å²) >= 11 is 0. The number of nitrogen functional groups attached to an aromatic ring is 1. The highest BCUT2D eigenvalue weighted by Gasteiger charge is 2.30. The van der Waals surface area contributed by atoms with Crippen molar-refractivity contribution in [2.24, 2.45) is 11.8 Å². The van der Waals surface area contributed by atoms with E-state index in [-0.39, 0.29) is 0 Å². The Morgan fingerprint density at radius 3 is 2.00 bits per heavy atom. The average molecular weight is 244 g/mol. The summed E-state index contributed by atoms with van der Waals surface area (Å²) in [5.41, 5.74) is 11.1. The Hall–Kier alpha value is -1.18. The van der Waals surface area contributed by atoms with Gasteiger partial charge in [0.2, 0.25) is 0 Å². The van der Waals surface area contributed by atoms with Crippen LogP contribution in [0, 0.1) is 25.7 Å². The Kier molecular flexibility index (Phi) is 2.96. The molecule has 18 heavy (non-hydrogen) atoms. The number of hydrogen-bond acceptors (Lipinski definition) is 2. The summed E-state index contributed by atoms with van der Waals surface area (Å²) in [5, 5.41) is 0. The van der Waals surface area contributed by atoms with E-state index in [1.165, 1.54) is 55.6 Å². The van der Waals surface area contributed by atoms with E-state index in [0.717, 1.165) is 17.5 Å². The first-order chi connectivity index (χ1) is 8.63. The van der Waals surface area contributed by atoms with Gasteiger partial charge in [0.25, 0.3) is 0 Å². The first kappa shape index (κ1) is 11.9. The standard InChI is InChI=1S/C16H24N2/c1-11-7-15(17)16(8-12(11)2)18(9-13-3-4-13)10-14-5-6-14/h7-8,13-14H,3-6,9-10,17H2,1-2H3. The molecule has 1 aromatic rings. The summed E-state index contributed by atoms with van der Waals surface area (Å²) in [4.78, 5) is 2.55. The Morgan fingerprint density at radius 2 is 1.50 bits per heavy atom. The fourth-order valence-corrected chi connectivity index (χ4v) is 2.59. The molecule has 98 valence electrons. The lowest BCUT2D eigenvalue weighted by Crippen LogP contribution is -2.29. The maximum Gasteiger partial charge on any atom is 0.0602 e. The number of nitrogens with two attached hydrogens (primary N) is 1. The van der Waals surface area contributed by atoms with E-state index < -0.39 is 0 Å². The maximum absolute atomic E-state index is 6.24. The van der Waals surface area contributed by atoms with E-state index in [1.807, 2.05) is 0 Å². The Morgan fingerprint density at radius 1 is 1.00 bits per heavy atom. The molecule has 0 heterocycles. The zero-order chi connectivity index (χ0) is 12.7. The Labute approximate surface area is 110 Å². The summed E-state index contributed by atoms with van der Waals surface area (Å²) in [5.74, 6) is 1.84. The van der Waals surface area contributed by atoms with Gasteiger partial charge in [-0.05, 0) is 74.6 Å². The van der Waals surface area contributed by atoms with Gasteiger partial charge in [-0.3, -0.25) is 0 Å². The number of benzene rings is 1. The molecule has 0 amide bonds. The SMILES string of the molecule is Cc1cc(N)c(N(CC2CC2)CC2CC2)cc1C. The molecule has 2 fully saturated rings. The van der Waals surface area contributed by atoms with Gasteiger partial charge in [0.15, 0.2) is 0 Å². The van der Waals surface area contributed by atoms with Crippen LogP contribution in [0.15, 0.2) is 12.1 Å². The number of anilines is 2. The fourth-order valence-electron chi connectivity index (χ4n) is 2.59. The summed E-state index contributed by atoms with van der Waals surface area (Å²) in [7, 11) is 0. The quantitative estimate of drug-likeness (QED) is 0.803. The molecule has 0 bridgehead atoms. The number of rotatable bonds is 5. The molecule has 2 aliphatic rings. The van der Waals surface area contributed by atoms with Crippen LogP contribution in [-0.2, 0) is 0 Å². The van der Waals surface area contributed by atoms with Crippen molar-refractivity contribution in [3.63, 3.8) is 0 Å². The molecule has 1 aromatic carbocycles. The third-order valence-electron chi connectivity index (χ3n) is 4.33. The molecule has 0 saturated heterocycles. The Bertz CT molecular complexity index is 431. The van der Waals surface area contributed by atoms with Gasteiger partial charge in [-0.15, -0.1) is 0 Å². The molecule has 0 radical (unpaired) electrons. The predicted molar refractivity (Wildman–Crippen MR) is 78.0 cm³/mol. The van der Waals surface area contributed by atoms with Gasteiger partial charge in [0.1, 0.15) is 0 Å². The molecule has 2 nitrogen and oxygen atoms in total. The molecule has 2 aliphatic carbocycles. The molecule has 0 atom stereocenters. The second kappa shape index (κ2) is 4.49. The molecule has 0 aromatic heterocycles. The van der Waals surface area contributed by atoms with Gasteiger partial charge < -0.3 is 10.6 Å². The van der Waals surface area contributed by atoms with Crippen LogP contribution in [-0.4, -0.2) is 13.1 Å². The summed E-state index contributed by atoms with van der Waals surface area (Å²) in [6, 6.07) is 4.42. The summed E-state index contributed by atoms with van der Waals surface area (Å²) < 4.78 is 0. The number of aryl methyl sites for hydroxylation is 2. The van der Waals surface area contributed by atoms with E-state index >= 15 is 0 Å². The molecule has 2 N–H and O–H groups in total. The zero-order valence-corrected chi connectivity index (χ0v) is 11.6. The van der Waals surface area contributed by atoms with E-state index in [2.05, 4.69) is 30.9 Å². The maximum atomic E-state index is 6.24. The second-order valence-corrected chi connectivity index (χ2v) is 6.29. The van der Waals surface area contributed by atoms with Crippen molar-refractivity contribution in [1.82, 2.24) is 0 Å². The lowest BCUT2D eigenvalue weighted by Gasteiger charge is -2.27. The van der Waals surface area contributed by atoms with E-state index in [4.69, 9.17) is 5.73 Å².